The summed E-state index contributed by atoms with van der Waals surface area (Å²) in [6, 6.07) is 3.75. The fourth-order valence-electron chi connectivity index (χ4n) is 1.43. The monoisotopic (exact) mass is 221 g/mol. The summed E-state index contributed by atoms with van der Waals surface area (Å²) in [5, 5.41) is 3.07. The largest absolute Gasteiger partial charge is 0.345 e. The number of pyridine rings is 1. The SMILES string of the molecule is CNCCCN(C)C(=O)Cc1ccncc1. The lowest BCUT2D eigenvalue weighted by Gasteiger charge is -2.16. The molecule has 0 unspecified atom stereocenters. The number of nitrogens with zero attached hydrogens (tertiary/aromatic N) is 2. The summed E-state index contributed by atoms with van der Waals surface area (Å²) in [7, 11) is 3.76. The minimum atomic E-state index is 0.155. The molecule has 1 amide bonds. The van der Waals surface area contributed by atoms with Crippen LogP contribution in [0.5, 0.6) is 0 Å². The highest BCUT2D eigenvalue weighted by Crippen LogP contribution is 2.00. The standard InChI is InChI=1S/C12H19N3O/c1-13-6-3-9-15(2)12(16)10-11-4-7-14-8-5-11/h4-5,7-8,13H,3,6,9-10H2,1-2H3. The lowest BCUT2D eigenvalue weighted by molar-refractivity contribution is -0.129. The minimum absolute atomic E-state index is 0.155. The topological polar surface area (TPSA) is 45.2 Å². The highest BCUT2D eigenvalue weighted by molar-refractivity contribution is 5.78. The zero-order valence-electron chi connectivity index (χ0n) is 9.94. The average Bonchev–Trinajstić information content (AvgIpc) is 2.30. The molecule has 0 saturated heterocycles. The maximum Gasteiger partial charge on any atom is 0.226 e. The molecule has 0 fully saturated rings. The molecule has 0 aliphatic rings. The summed E-state index contributed by atoms with van der Waals surface area (Å²) >= 11 is 0. The molecule has 4 heteroatoms. The van der Waals surface area contributed by atoms with E-state index in [1.807, 2.05) is 26.2 Å². The second-order valence-electron chi connectivity index (χ2n) is 3.80. The van der Waals surface area contributed by atoms with Crippen LogP contribution in [0.4, 0.5) is 0 Å². The first kappa shape index (κ1) is 12.6. The van der Waals surface area contributed by atoms with E-state index in [0.717, 1.165) is 25.1 Å². The van der Waals surface area contributed by atoms with Crippen LogP contribution in [0, 0.1) is 0 Å². The smallest absolute Gasteiger partial charge is 0.226 e. The molecule has 1 rings (SSSR count). The first-order chi connectivity index (χ1) is 7.74. The van der Waals surface area contributed by atoms with Gasteiger partial charge in [-0.05, 0) is 37.7 Å². The third-order valence-corrected chi connectivity index (χ3v) is 2.45. The summed E-state index contributed by atoms with van der Waals surface area (Å²) in [5.41, 5.74) is 1.01. The molecule has 0 atom stereocenters. The van der Waals surface area contributed by atoms with Crippen molar-refractivity contribution in [3.8, 4) is 0 Å². The Morgan fingerprint density at radius 3 is 2.75 bits per heavy atom. The number of aromatic nitrogens is 1. The number of likely N-dealkylation sites (N-methyl/N-ethyl adjacent to an activating group) is 1. The van der Waals surface area contributed by atoms with Crippen LogP contribution in [-0.2, 0) is 11.2 Å². The van der Waals surface area contributed by atoms with Crippen molar-refractivity contribution in [3.63, 3.8) is 0 Å². The molecule has 0 aromatic carbocycles. The van der Waals surface area contributed by atoms with Crippen LogP contribution in [-0.4, -0.2) is 43.0 Å². The molecule has 1 heterocycles. The van der Waals surface area contributed by atoms with Gasteiger partial charge in [0.1, 0.15) is 0 Å². The summed E-state index contributed by atoms with van der Waals surface area (Å²) in [4.78, 5) is 17.5. The Bertz CT molecular complexity index is 313. The van der Waals surface area contributed by atoms with Gasteiger partial charge in [0.25, 0.3) is 0 Å². The number of carbonyl (C=O) groups excluding carboxylic acids is 1. The molecule has 88 valence electrons. The molecule has 0 bridgehead atoms. The predicted octanol–water partition coefficient (Wildman–Crippen LogP) is 0.692. The number of hydrogen-bond acceptors (Lipinski definition) is 3. The van der Waals surface area contributed by atoms with E-state index < -0.39 is 0 Å². The average molecular weight is 221 g/mol. The summed E-state index contributed by atoms with van der Waals surface area (Å²) in [6.45, 7) is 1.73. The lowest BCUT2D eigenvalue weighted by atomic mass is 10.2. The second-order valence-corrected chi connectivity index (χ2v) is 3.80. The van der Waals surface area contributed by atoms with E-state index in [1.54, 1.807) is 17.3 Å². The van der Waals surface area contributed by atoms with Crippen molar-refractivity contribution in [1.29, 1.82) is 0 Å². The summed E-state index contributed by atoms with van der Waals surface area (Å²) in [6.07, 6.45) is 4.86. The Labute approximate surface area is 96.7 Å². The van der Waals surface area contributed by atoms with E-state index in [2.05, 4.69) is 10.3 Å². The predicted molar refractivity (Wildman–Crippen MR) is 64.1 cm³/mol. The van der Waals surface area contributed by atoms with Gasteiger partial charge in [-0.1, -0.05) is 0 Å². The molecule has 1 aromatic heterocycles. The van der Waals surface area contributed by atoms with Crippen molar-refractivity contribution in [1.82, 2.24) is 15.2 Å². The van der Waals surface area contributed by atoms with Crippen LogP contribution in [0.3, 0.4) is 0 Å². The van der Waals surface area contributed by atoms with Crippen molar-refractivity contribution in [3.05, 3.63) is 30.1 Å². The van der Waals surface area contributed by atoms with Gasteiger partial charge in [0.15, 0.2) is 0 Å². The Balaban J connectivity index is 2.34. The van der Waals surface area contributed by atoms with Crippen molar-refractivity contribution >= 4 is 5.91 Å². The van der Waals surface area contributed by atoms with Gasteiger partial charge >= 0.3 is 0 Å². The maximum atomic E-state index is 11.8. The third kappa shape index (κ3) is 4.40. The molecule has 0 spiro atoms. The number of carbonyl (C=O) groups is 1. The lowest BCUT2D eigenvalue weighted by Crippen LogP contribution is -2.30. The fourth-order valence-corrected chi connectivity index (χ4v) is 1.43. The van der Waals surface area contributed by atoms with Gasteiger partial charge in [-0.15, -0.1) is 0 Å². The van der Waals surface area contributed by atoms with E-state index in [9.17, 15) is 4.79 Å². The highest BCUT2D eigenvalue weighted by atomic mass is 16.2. The third-order valence-electron chi connectivity index (χ3n) is 2.45. The first-order valence-corrected chi connectivity index (χ1v) is 5.51. The second kappa shape index (κ2) is 6.95. The van der Waals surface area contributed by atoms with Crippen molar-refractivity contribution < 1.29 is 4.79 Å². The fraction of sp³-hybridized carbons (Fsp3) is 0.500. The van der Waals surface area contributed by atoms with E-state index in [0.29, 0.717) is 6.42 Å². The summed E-state index contributed by atoms with van der Waals surface area (Å²) in [5.74, 6) is 0.155. The summed E-state index contributed by atoms with van der Waals surface area (Å²) < 4.78 is 0. The van der Waals surface area contributed by atoms with Gasteiger partial charge in [0.05, 0.1) is 6.42 Å². The molecule has 16 heavy (non-hydrogen) atoms. The van der Waals surface area contributed by atoms with Gasteiger partial charge in [-0.3, -0.25) is 9.78 Å². The molecule has 4 nitrogen and oxygen atoms in total. The van der Waals surface area contributed by atoms with Crippen molar-refractivity contribution in [2.45, 2.75) is 12.8 Å². The van der Waals surface area contributed by atoms with Gasteiger partial charge < -0.3 is 10.2 Å². The van der Waals surface area contributed by atoms with Crippen LogP contribution < -0.4 is 5.32 Å². The molecular weight excluding hydrogens is 202 g/mol. The van der Waals surface area contributed by atoms with Crippen LogP contribution in [0.25, 0.3) is 0 Å². The Kier molecular flexibility index (Phi) is 5.50. The van der Waals surface area contributed by atoms with E-state index in [4.69, 9.17) is 0 Å². The Hall–Kier alpha value is -1.42. The van der Waals surface area contributed by atoms with E-state index in [-0.39, 0.29) is 5.91 Å². The van der Waals surface area contributed by atoms with E-state index in [1.165, 1.54) is 0 Å². The maximum absolute atomic E-state index is 11.8. The number of rotatable bonds is 6. The normalized spacial score (nSPS) is 10.1. The van der Waals surface area contributed by atoms with Gasteiger partial charge in [0.2, 0.25) is 5.91 Å². The quantitative estimate of drug-likeness (QED) is 0.719. The molecule has 1 aromatic rings. The zero-order valence-corrected chi connectivity index (χ0v) is 9.94. The number of amides is 1. The van der Waals surface area contributed by atoms with Gasteiger partial charge in [0, 0.05) is 26.0 Å². The number of nitrogens with one attached hydrogen (secondary N) is 1. The van der Waals surface area contributed by atoms with Crippen molar-refractivity contribution in [2.24, 2.45) is 0 Å². The zero-order chi connectivity index (χ0) is 11.8. The van der Waals surface area contributed by atoms with Crippen LogP contribution in [0.1, 0.15) is 12.0 Å². The Morgan fingerprint density at radius 2 is 2.12 bits per heavy atom. The first-order valence-electron chi connectivity index (χ1n) is 5.51. The Morgan fingerprint density at radius 1 is 1.44 bits per heavy atom. The minimum Gasteiger partial charge on any atom is -0.345 e. The number of hydrogen-bond donors (Lipinski definition) is 1. The van der Waals surface area contributed by atoms with Crippen LogP contribution >= 0.6 is 0 Å². The molecule has 0 saturated carbocycles. The molecular formula is C12H19N3O. The molecule has 0 aliphatic carbocycles. The molecule has 1 N–H and O–H groups in total. The van der Waals surface area contributed by atoms with Gasteiger partial charge in [-0.25, -0.2) is 0 Å². The molecule has 0 aliphatic heterocycles. The van der Waals surface area contributed by atoms with Gasteiger partial charge in [-0.2, -0.15) is 0 Å². The van der Waals surface area contributed by atoms with Crippen molar-refractivity contribution in [2.75, 3.05) is 27.2 Å². The van der Waals surface area contributed by atoms with E-state index >= 15 is 0 Å². The van der Waals surface area contributed by atoms with Crippen LogP contribution in [0.15, 0.2) is 24.5 Å². The van der Waals surface area contributed by atoms with Crippen LogP contribution in [0.2, 0.25) is 0 Å². The highest BCUT2D eigenvalue weighted by Gasteiger charge is 2.08. The molecule has 0 radical (unpaired) electrons.